The van der Waals surface area contributed by atoms with Crippen LogP contribution in [0.25, 0.3) is 0 Å². The molecule has 22 heavy (non-hydrogen) atoms. The van der Waals surface area contributed by atoms with Gasteiger partial charge < -0.3 is 15.4 Å². The zero-order valence-corrected chi connectivity index (χ0v) is 12.3. The minimum Gasteiger partial charge on any atom is -0.433 e. The van der Waals surface area contributed by atoms with Crippen molar-refractivity contribution in [2.24, 2.45) is 0 Å². The Morgan fingerprint density at radius 2 is 2.32 bits per heavy atom. The fourth-order valence-electron chi connectivity index (χ4n) is 2.30. The van der Waals surface area contributed by atoms with E-state index in [1.165, 1.54) is 29.8 Å². The van der Waals surface area contributed by atoms with E-state index in [1.54, 1.807) is 0 Å². The van der Waals surface area contributed by atoms with Crippen LogP contribution in [0.4, 0.5) is 14.5 Å². The lowest BCUT2D eigenvalue weighted by Crippen LogP contribution is -2.24. The Balaban J connectivity index is 1.75. The molecule has 2 aromatic rings. The Labute approximate surface area is 129 Å². The van der Waals surface area contributed by atoms with Gasteiger partial charge in [0.2, 0.25) is 0 Å². The van der Waals surface area contributed by atoms with Crippen LogP contribution in [0.1, 0.15) is 20.8 Å². The maximum absolute atomic E-state index is 12.3. The molecule has 2 aromatic heterocycles. The highest BCUT2D eigenvalue weighted by Crippen LogP contribution is 2.26. The summed E-state index contributed by atoms with van der Waals surface area (Å²) in [4.78, 5) is 17.3. The number of alkyl halides is 2. The van der Waals surface area contributed by atoms with Crippen LogP contribution in [0, 0.1) is 0 Å². The van der Waals surface area contributed by atoms with Crippen LogP contribution in [0.5, 0.6) is 5.75 Å². The van der Waals surface area contributed by atoms with Crippen molar-refractivity contribution in [1.29, 1.82) is 0 Å². The molecule has 3 rings (SSSR count). The molecule has 0 unspecified atom stereocenters. The SMILES string of the molecule is O=C(Nc1cncc(OC(F)F)c1)c1csc2c1CCNC2. The van der Waals surface area contributed by atoms with Crippen LogP contribution in [0.15, 0.2) is 23.8 Å². The molecule has 1 aliphatic heterocycles. The maximum Gasteiger partial charge on any atom is 0.387 e. The molecule has 1 aliphatic rings. The van der Waals surface area contributed by atoms with Gasteiger partial charge in [0.05, 0.1) is 23.6 Å². The smallest absolute Gasteiger partial charge is 0.387 e. The third-order valence-electron chi connectivity index (χ3n) is 3.26. The molecule has 5 nitrogen and oxygen atoms in total. The number of amides is 1. The number of carbonyl (C=O) groups is 1. The summed E-state index contributed by atoms with van der Waals surface area (Å²) in [6.45, 7) is -1.32. The van der Waals surface area contributed by atoms with Crippen molar-refractivity contribution in [1.82, 2.24) is 10.3 Å². The summed E-state index contributed by atoms with van der Waals surface area (Å²) < 4.78 is 28.6. The normalized spacial score (nSPS) is 13.8. The molecule has 0 saturated carbocycles. The Hall–Kier alpha value is -2.06. The molecule has 0 atom stereocenters. The number of carbonyl (C=O) groups excluding carboxylic acids is 1. The third-order valence-corrected chi connectivity index (χ3v) is 4.29. The van der Waals surface area contributed by atoms with Crippen molar-refractivity contribution in [3.63, 3.8) is 0 Å². The van der Waals surface area contributed by atoms with Gasteiger partial charge in [-0.3, -0.25) is 9.78 Å². The first kappa shape index (κ1) is 14.9. The number of ether oxygens (including phenoxy) is 1. The Bertz CT molecular complexity index is 690. The summed E-state index contributed by atoms with van der Waals surface area (Å²) in [6, 6.07) is 1.32. The molecule has 0 radical (unpaired) electrons. The van der Waals surface area contributed by atoms with Crippen molar-refractivity contribution in [3.05, 3.63) is 39.8 Å². The molecule has 2 N–H and O–H groups in total. The molecular formula is C14H13F2N3O2S. The van der Waals surface area contributed by atoms with Crippen LogP contribution in [-0.2, 0) is 13.0 Å². The average molecular weight is 325 g/mol. The lowest BCUT2D eigenvalue weighted by atomic mass is 10.0. The fourth-order valence-corrected chi connectivity index (χ4v) is 3.35. The summed E-state index contributed by atoms with van der Waals surface area (Å²) in [5, 5.41) is 7.74. The molecule has 0 spiro atoms. The Morgan fingerprint density at radius 1 is 1.45 bits per heavy atom. The van der Waals surface area contributed by atoms with Gasteiger partial charge >= 0.3 is 6.61 Å². The van der Waals surface area contributed by atoms with Crippen molar-refractivity contribution in [2.75, 3.05) is 11.9 Å². The highest BCUT2D eigenvalue weighted by atomic mass is 32.1. The Morgan fingerprint density at radius 3 is 3.14 bits per heavy atom. The van der Waals surface area contributed by atoms with Crippen molar-refractivity contribution < 1.29 is 18.3 Å². The van der Waals surface area contributed by atoms with Gasteiger partial charge in [0.25, 0.3) is 5.91 Å². The number of thiophene rings is 1. The largest absolute Gasteiger partial charge is 0.433 e. The van der Waals surface area contributed by atoms with Crippen LogP contribution in [0.2, 0.25) is 0 Å². The summed E-state index contributed by atoms with van der Waals surface area (Å²) in [6.07, 6.45) is 3.35. The first-order valence-corrected chi connectivity index (χ1v) is 7.52. The van der Waals surface area contributed by atoms with E-state index in [9.17, 15) is 13.6 Å². The van der Waals surface area contributed by atoms with Crippen molar-refractivity contribution in [3.8, 4) is 5.75 Å². The number of nitrogens with zero attached hydrogens (tertiary/aromatic N) is 1. The van der Waals surface area contributed by atoms with Gasteiger partial charge in [0.1, 0.15) is 5.75 Å². The number of aromatic nitrogens is 1. The number of hydrogen-bond donors (Lipinski definition) is 2. The molecule has 0 saturated heterocycles. The number of rotatable bonds is 4. The van der Waals surface area contributed by atoms with E-state index in [-0.39, 0.29) is 11.7 Å². The highest BCUT2D eigenvalue weighted by molar-refractivity contribution is 7.10. The summed E-state index contributed by atoms with van der Waals surface area (Å²) in [5.74, 6) is -0.361. The van der Waals surface area contributed by atoms with Crippen LogP contribution >= 0.6 is 11.3 Å². The number of fused-ring (bicyclic) bond motifs is 1. The summed E-state index contributed by atoms with van der Waals surface area (Å²) in [5.41, 5.74) is 1.99. The highest BCUT2D eigenvalue weighted by Gasteiger charge is 2.20. The number of pyridine rings is 1. The van der Waals surface area contributed by atoms with E-state index in [0.29, 0.717) is 11.3 Å². The average Bonchev–Trinajstić information content (AvgIpc) is 2.91. The van der Waals surface area contributed by atoms with Crippen molar-refractivity contribution in [2.45, 2.75) is 19.6 Å². The van der Waals surface area contributed by atoms with Crippen LogP contribution in [-0.4, -0.2) is 24.0 Å². The van der Waals surface area contributed by atoms with Gasteiger partial charge in [-0.25, -0.2) is 0 Å². The molecule has 116 valence electrons. The number of halogens is 2. The quantitative estimate of drug-likeness (QED) is 0.907. The van der Waals surface area contributed by atoms with E-state index >= 15 is 0 Å². The predicted molar refractivity (Wildman–Crippen MR) is 78.6 cm³/mol. The number of anilines is 1. The molecular weight excluding hydrogens is 312 g/mol. The molecule has 1 amide bonds. The molecule has 0 bridgehead atoms. The second-order valence-corrected chi connectivity index (χ2v) is 5.68. The minimum absolute atomic E-state index is 0.0932. The Kier molecular flexibility index (Phi) is 4.30. The summed E-state index contributed by atoms with van der Waals surface area (Å²) >= 11 is 1.54. The van der Waals surface area contributed by atoms with Gasteiger partial charge in [-0.15, -0.1) is 11.3 Å². The fraction of sp³-hybridized carbons (Fsp3) is 0.286. The second kappa shape index (κ2) is 6.37. The topological polar surface area (TPSA) is 63.2 Å². The van der Waals surface area contributed by atoms with E-state index < -0.39 is 6.61 Å². The minimum atomic E-state index is -2.93. The maximum atomic E-state index is 12.3. The van der Waals surface area contributed by atoms with Crippen LogP contribution in [0.3, 0.4) is 0 Å². The van der Waals surface area contributed by atoms with E-state index in [4.69, 9.17) is 0 Å². The summed E-state index contributed by atoms with van der Waals surface area (Å²) in [7, 11) is 0. The van der Waals surface area contributed by atoms with Gasteiger partial charge in [-0.05, 0) is 18.5 Å². The van der Waals surface area contributed by atoms with E-state index in [2.05, 4.69) is 20.4 Å². The van der Waals surface area contributed by atoms with E-state index in [1.807, 2.05) is 5.38 Å². The van der Waals surface area contributed by atoms with Crippen LogP contribution < -0.4 is 15.4 Å². The molecule has 3 heterocycles. The van der Waals surface area contributed by atoms with Crippen molar-refractivity contribution >= 4 is 22.9 Å². The first-order chi connectivity index (χ1) is 10.6. The monoisotopic (exact) mass is 325 g/mol. The van der Waals surface area contributed by atoms with E-state index in [0.717, 1.165) is 30.0 Å². The van der Waals surface area contributed by atoms with Gasteiger partial charge in [-0.2, -0.15) is 8.78 Å². The molecule has 0 fully saturated rings. The second-order valence-electron chi connectivity index (χ2n) is 4.72. The third kappa shape index (κ3) is 3.23. The lowest BCUT2D eigenvalue weighted by molar-refractivity contribution is -0.0500. The molecule has 0 aliphatic carbocycles. The first-order valence-electron chi connectivity index (χ1n) is 6.64. The molecule has 8 heteroatoms. The number of nitrogens with one attached hydrogen (secondary N) is 2. The zero-order valence-electron chi connectivity index (χ0n) is 11.4. The molecule has 0 aromatic carbocycles. The predicted octanol–water partition coefficient (Wildman–Crippen LogP) is 2.64. The van der Waals surface area contributed by atoms with Gasteiger partial charge in [-0.1, -0.05) is 0 Å². The zero-order chi connectivity index (χ0) is 15.5. The lowest BCUT2D eigenvalue weighted by Gasteiger charge is -2.14. The van der Waals surface area contributed by atoms with Gasteiger partial charge in [0.15, 0.2) is 0 Å². The standard InChI is InChI=1S/C14H13F2N3O2S/c15-14(16)21-9-3-8(4-18-5-9)19-13(20)11-7-22-12-6-17-2-1-10(11)12/h3-5,7,14,17H,1-2,6H2,(H,19,20). The number of hydrogen-bond acceptors (Lipinski definition) is 5. The van der Waals surface area contributed by atoms with Gasteiger partial charge in [0, 0.05) is 22.9 Å².